The highest BCUT2D eigenvalue weighted by Crippen LogP contribution is 2.24. The quantitative estimate of drug-likeness (QED) is 0.606. The van der Waals surface area contributed by atoms with Crippen LogP contribution in [0.15, 0.2) is 45.6 Å². The lowest BCUT2D eigenvalue weighted by Gasteiger charge is -2.21. The van der Waals surface area contributed by atoms with Gasteiger partial charge in [-0.3, -0.25) is 0 Å². The van der Waals surface area contributed by atoms with Crippen LogP contribution in [0, 0.1) is 0 Å². The molecule has 2 aromatic rings. The number of rotatable bonds is 7. The first-order chi connectivity index (χ1) is 9.58. The zero-order valence-electron chi connectivity index (χ0n) is 10.8. The van der Waals surface area contributed by atoms with E-state index in [2.05, 4.69) is 0 Å². The van der Waals surface area contributed by atoms with E-state index in [9.17, 15) is 20.4 Å². The second kappa shape index (κ2) is 6.71. The monoisotopic (exact) mass is 282 g/mol. The number of aliphatic hydroxyl groups is 4. The minimum atomic E-state index is -1.18. The highest BCUT2D eigenvalue weighted by molar-refractivity contribution is 5.04. The predicted molar refractivity (Wildman–Crippen MR) is 68.6 cm³/mol. The molecule has 0 amide bonds. The van der Waals surface area contributed by atoms with Crippen molar-refractivity contribution in [3.63, 3.8) is 0 Å². The maximum Gasteiger partial charge on any atom is 0.132 e. The first kappa shape index (κ1) is 14.8. The van der Waals surface area contributed by atoms with E-state index in [4.69, 9.17) is 8.83 Å². The average Bonchev–Trinajstić information content (AvgIpc) is 3.11. The van der Waals surface area contributed by atoms with Crippen molar-refractivity contribution in [3.8, 4) is 0 Å². The first-order valence-electron chi connectivity index (χ1n) is 6.37. The van der Waals surface area contributed by atoms with Crippen LogP contribution in [0.25, 0.3) is 0 Å². The van der Waals surface area contributed by atoms with Gasteiger partial charge in [0, 0.05) is 12.8 Å². The molecule has 0 aliphatic heterocycles. The molecule has 0 unspecified atom stereocenters. The molecular formula is C14H18O6. The lowest BCUT2D eigenvalue weighted by atomic mass is 9.99. The van der Waals surface area contributed by atoms with E-state index in [-0.39, 0.29) is 12.8 Å². The van der Waals surface area contributed by atoms with Crippen molar-refractivity contribution >= 4 is 0 Å². The van der Waals surface area contributed by atoms with Crippen molar-refractivity contribution < 1.29 is 29.3 Å². The topological polar surface area (TPSA) is 107 Å². The van der Waals surface area contributed by atoms with E-state index in [0.29, 0.717) is 11.5 Å². The molecule has 0 fully saturated rings. The fraction of sp³-hybridized carbons (Fsp3) is 0.429. The van der Waals surface area contributed by atoms with Crippen LogP contribution in [0.5, 0.6) is 0 Å². The van der Waals surface area contributed by atoms with Gasteiger partial charge in [-0.1, -0.05) is 0 Å². The summed E-state index contributed by atoms with van der Waals surface area (Å²) in [5, 5.41) is 39.3. The summed E-state index contributed by atoms with van der Waals surface area (Å²) in [6.45, 7) is 0. The molecule has 0 spiro atoms. The Labute approximate surface area is 115 Å². The highest BCUT2D eigenvalue weighted by Gasteiger charge is 2.25. The molecule has 6 nitrogen and oxygen atoms in total. The average molecular weight is 282 g/mol. The van der Waals surface area contributed by atoms with Crippen molar-refractivity contribution in [2.45, 2.75) is 37.3 Å². The van der Waals surface area contributed by atoms with Gasteiger partial charge in [0.05, 0.1) is 24.7 Å². The van der Waals surface area contributed by atoms with Crippen molar-refractivity contribution in [2.24, 2.45) is 0 Å². The van der Waals surface area contributed by atoms with Crippen molar-refractivity contribution in [2.75, 3.05) is 0 Å². The van der Waals surface area contributed by atoms with Crippen LogP contribution in [-0.4, -0.2) is 32.6 Å². The summed E-state index contributed by atoms with van der Waals surface area (Å²) in [6.07, 6.45) is -1.70. The van der Waals surface area contributed by atoms with Crippen LogP contribution < -0.4 is 0 Å². The third-order valence-electron chi connectivity index (χ3n) is 3.12. The van der Waals surface area contributed by atoms with Gasteiger partial charge in [0.2, 0.25) is 0 Å². The lowest BCUT2D eigenvalue weighted by Crippen LogP contribution is -2.29. The van der Waals surface area contributed by atoms with Gasteiger partial charge >= 0.3 is 0 Å². The molecular weight excluding hydrogens is 264 g/mol. The minimum absolute atomic E-state index is 0.0838. The van der Waals surface area contributed by atoms with Gasteiger partial charge in [-0.15, -0.1) is 0 Å². The van der Waals surface area contributed by atoms with Crippen LogP contribution in [0.3, 0.4) is 0 Å². The van der Waals surface area contributed by atoms with Crippen molar-refractivity contribution in [3.05, 3.63) is 48.3 Å². The van der Waals surface area contributed by atoms with Crippen molar-refractivity contribution in [1.29, 1.82) is 0 Å². The SMILES string of the molecule is O[C@@H](C[C@H](O)[C@@H](O)C[C@H](O)c1ccco1)c1ccco1. The summed E-state index contributed by atoms with van der Waals surface area (Å²) in [5.74, 6) is 0.644. The molecule has 20 heavy (non-hydrogen) atoms. The van der Waals surface area contributed by atoms with Crippen LogP contribution >= 0.6 is 0 Å². The molecule has 0 radical (unpaired) electrons. The van der Waals surface area contributed by atoms with Gasteiger partial charge in [0.1, 0.15) is 23.7 Å². The van der Waals surface area contributed by atoms with Crippen molar-refractivity contribution in [1.82, 2.24) is 0 Å². The van der Waals surface area contributed by atoms with Gasteiger partial charge in [0.25, 0.3) is 0 Å². The Bertz CT molecular complexity index is 432. The normalized spacial score (nSPS) is 17.6. The van der Waals surface area contributed by atoms with Gasteiger partial charge < -0.3 is 29.3 Å². The summed E-state index contributed by atoms with van der Waals surface area (Å²) >= 11 is 0. The number of hydrogen-bond donors (Lipinski definition) is 4. The Kier molecular flexibility index (Phi) is 4.97. The molecule has 0 aliphatic carbocycles. The second-order valence-electron chi connectivity index (χ2n) is 4.67. The van der Waals surface area contributed by atoms with E-state index < -0.39 is 24.4 Å². The summed E-state index contributed by atoms with van der Waals surface area (Å²) < 4.78 is 10.0. The molecule has 110 valence electrons. The van der Waals surface area contributed by atoms with Gasteiger partial charge in [-0.2, -0.15) is 0 Å². The maximum absolute atomic E-state index is 9.84. The molecule has 2 aromatic heterocycles. The third kappa shape index (κ3) is 3.71. The summed E-state index contributed by atoms with van der Waals surface area (Å²) in [5.41, 5.74) is 0. The van der Waals surface area contributed by atoms with Crippen LogP contribution in [0.1, 0.15) is 36.6 Å². The zero-order valence-corrected chi connectivity index (χ0v) is 10.8. The van der Waals surface area contributed by atoms with E-state index in [0.717, 1.165) is 0 Å². The van der Waals surface area contributed by atoms with E-state index in [1.165, 1.54) is 12.5 Å². The molecule has 0 aromatic carbocycles. The second-order valence-corrected chi connectivity index (χ2v) is 4.67. The summed E-state index contributed by atoms with van der Waals surface area (Å²) in [6, 6.07) is 6.42. The lowest BCUT2D eigenvalue weighted by molar-refractivity contribution is -0.0403. The maximum atomic E-state index is 9.84. The third-order valence-corrected chi connectivity index (χ3v) is 3.12. The number of furan rings is 2. The molecule has 2 heterocycles. The Morgan fingerprint density at radius 2 is 1.15 bits per heavy atom. The first-order valence-corrected chi connectivity index (χ1v) is 6.37. The fourth-order valence-electron chi connectivity index (χ4n) is 1.97. The van der Waals surface area contributed by atoms with Crippen LogP contribution in [-0.2, 0) is 0 Å². The van der Waals surface area contributed by atoms with E-state index >= 15 is 0 Å². The molecule has 0 bridgehead atoms. The highest BCUT2D eigenvalue weighted by atomic mass is 16.4. The minimum Gasteiger partial charge on any atom is -0.467 e. The largest absolute Gasteiger partial charge is 0.467 e. The molecule has 4 atom stereocenters. The fourth-order valence-corrected chi connectivity index (χ4v) is 1.97. The molecule has 0 saturated carbocycles. The van der Waals surface area contributed by atoms with Gasteiger partial charge in [-0.05, 0) is 24.3 Å². The number of aliphatic hydroxyl groups excluding tert-OH is 4. The smallest absolute Gasteiger partial charge is 0.132 e. The Hall–Kier alpha value is -1.60. The summed E-state index contributed by atoms with van der Waals surface area (Å²) in [4.78, 5) is 0. The predicted octanol–water partition coefficient (Wildman–Crippen LogP) is 1.14. The Morgan fingerprint density at radius 3 is 1.45 bits per heavy atom. The van der Waals surface area contributed by atoms with Gasteiger partial charge in [0.15, 0.2) is 0 Å². The molecule has 6 heteroatoms. The van der Waals surface area contributed by atoms with E-state index in [1.807, 2.05) is 0 Å². The zero-order chi connectivity index (χ0) is 14.5. The molecule has 0 saturated heterocycles. The molecule has 4 N–H and O–H groups in total. The Balaban J connectivity index is 1.84. The van der Waals surface area contributed by atoms with Gasteiger partial charge in [-0.25, -0.2) is 0 Å². The van der Waals surface area contributed by atoms with Crippen LogP contribution in [0.2, 0.25) is 0 Å². The summed E-state index contributed by atoms with van der Waals surface area (Å²) in [7, 11) is 0. The molecule has 2 rings (SSSR count). The van der Waals surface area contributed by atoms with Crippen LogP contribution in [0.4, 0.5) is 0 Å². The Morgan fingerprint density at radius 1 is 0.750 bits per heavy atom. The standard InChI is InChI=1S/C14H18O6/c15-9(7-11(17)13-3-1-5-19-13)10(16)8-12(18)14-4-2-6-20-14/h1-6,9-12,15-18H,7-8H2/t9-,10-,11-,12-/m0/s1. The number of hydrogen-bond acceptors (Lipinski definition) is 6. The van der Waals surface area contributed by atoms with E-state index in [1.54, 1.807) is 24.3 Å². The molecule has 0 aliphatic rings.